The Morgan fingerprint density at radius 2 is 1.00 bits per heavy atom. The van der Waals surface area contributed by atoms with Crippen LogP contribution in [0, 0.1) is 0 Å². The van der Waals surface area contributed by atoms with Gasteiger partial charge < -0.3 is 0 Å². The van der Waals surface area contributed by atoms with Crippen LogP contribution in [-0.4, -0.2) is 0 Å². The van der Waals surface area contributed by atoms with Gasteiger partial charge in [0.2, 0.25) is 0 Å². The van der Waals surface area contributed by atoms with E-state index < -0.39 is 0 Å². The molecular weight excluding hydrogens is 186 g/mol. The molecule has 0 rings (SSSR count). The topological polar surface area (TPSA) is 0 Å². The molecular formula is CH9FeMnPS. The third-order valence-electron chi connectivity index (χ3n) is 0. The van der Waals surface area contributed by atoms with Gasteiger partial charge in [0.1, 0.15) is 0 Å². The van der Waals surface area contributed by atoms with E-state index in [9.17, 15) is 0 Å². The molecule has 0 fully saturated rings. The van der Waals surface area contributed by atoms with E-state index in [2.05, 4.69) is 0 Å². The standard InChI is InChI=1S/CH4.Fe.Mn.H3P.H2S/h1H4;;;1H3;1H2. The summed E-state index contributed by atoms with van der Waals surface area (Å²) in [5.41, 5.74) is 0. The zero-order valence-electron chi connectivity index (χ0n) is 1.94. The second-order valence-electron chi connectivity index (χ2n) is 0. The van der Waals surface area contributed by atoms with E-state index in [0.29, 0.717) is 0 Å². The first kappa shape index (κ1) is 69.8. The third kappa shape index (κ3) is 25.7. The molecule has 1 atom stereocenters. The molecule has 0 amide bonds. The third-order valence-corrected chi connectivity index (χ3v) is 0. The molecule has 1 radical (unpaired) electrons. The quantitative estimate of drug-likeness (QED) is 0.396. The van der Waals surface area contributed by atoms with Gasteiger partial charge in [0.25, 0.3) is 0 Å². The molecule has 0 spiro atoms. The fourth-order valence-corrected chi connectivity index (χ4v) is 0. The Morgan fingerprint density at radius 3 is 1.00 bits per heavy atom. The summed E-state index contributed by atoms with van der Waals surface area (Å²) in [6.45, 7) is 0. The van der Waals surface area contributed by atoms with E-state index in [4.69, 9.17) is 0 Å². The molecule has 4 heteroatoms. The van der Waals surface area contributed by atoms with Crippen LogP contribution in [0.3, 0.4) is 0 Å². The zero-order chi connectivity index (χ0) is 0. The SMILES string of the molecule is C.P.S.[Fe].[Mn]. The summed E-state index contributed by atoms with van der Waals surface area (Å²) in [6, 6.07) is 0. The number of rotatable bonds is 0. The Hall–Kier alpha value is 1.82. The largest absolute Gasteiger partial charge is 0.197 e. The summed E-state index contributed by atoms with van der Waals surface area (Å²) in [5, 5.41) is 0. The molecule has 0 heterocycles. The Kier molecular flexibility index (Phi) is 570. The van der Waals surface area contributed by atoms with E-state index in [0.717, 1.165) is 0 Å². The van der Waals surface area contributed by atoms with Crippen molar-refractivity contribution in [2.24, 2.45) is 0 Å². The smallest absolute Gasteiger partial charge is 0 e. The second kappa shape index (κ2) is 40.8. The van der Waals surface area contributed by atoms with Crippen LogP contribution in [0.15, 0.2) is 0 Å². The summed E-state index contributed by atoms with van der Waals surface area (Å²) < 4.78 is 0. The molecule has 5 heavy (non-hydrogen) atoms. The van der Waals surface area contributed by atoms with Crippen molar-refractivity contribution in [1.29, 1.82) is 0 Å². The van der Waals surface area contributed by atoms with Gasteiger partial charge in [-0.15, -0.1) is 0 Å². The average Bonchev–Trinajstić information content (AvgIpc) is 0. The maximum atomic E-state index is 0. The van der Waals surface area contributed by atoms with Gasteiger partial charge >= 0.3 is 0 Å². The molecule has 39 valence electrons. The van der Waals surface area contributed by atoms with Crippen LogP contribution in [0.2, 0.25) is 0 Å². The molecule has 0 aliphatic rings. The zero-order valence-corrected chi connectivity index (χ0v) is 6.64. The average molecular weight is 195 g/mol. The molecule has 0 saturated carbocycles. The summed E-state index contributed by atoms with van der Waals surface area (Å²) in [5.74, 6) is 0. The van der Waals surface area contributed by atoms with Gasteiger partial charge in [-0.05, 0) is 0 Å². The summed E-state index contributed by atoms with van der Waals surface area (Å²) in [4.78, 5) is 0. The maximum Gasteiger partial charge on any atom is 0 e. The Labute approximate surface area is 64.9 Å². The first-order valence-corrected chi connectivity index (χ1v) is 0. The number of hydrogen-bond donors (Lipinski definition) is 0. The van der Waals surface area contributed by atoms with Crippen molar-refractivity contribution in [3.8, 4) is 0 Å². The monoisotopic (exact) mass is 195 g/mol. The maximum absolute atomic E-state index is 0. The van der Waals surface area contributed by atoms with Gasteiger partial charge in [0, 0.05) is 34.1 Å². The van der Waals surface area contributed by atoms with Crippen LogP contribution in [-0.2, 0) is 34.1 Å². The van der Waals surface area contributed by atoms with Gasteiger partial charge in [0.05, 0.1) is 0 Å². The Bertz CT molecular complexity index is 11.6. The van der Waals surface area contributed by atoms with Crippen LogP contribution in [0.25, 0.3) is 0 Å². The minimum Gasteiger partial charge on any atom is -0.197 e. The van der Waals surface area contributed by atoms with Crippen molar-refractivity contribution in [3.63, 3.8) is 0 Å². The van der Waals surface area contributed by atoms with Crippen molar-refractivity contribution in [2.45, 2.75) is 7.43 Å². The molecule has 0 aliphatic carbocycles. The fraction of sp³-hybridized carbons (Fsp3) is 1.00. The van der Waals surface area contributed by atoms with E-state index in [1.807, 2.05) is 0 Å². The van der Waals surface area contributed by atoms with Crippen molar-refractivity contribution in [1.82, 2.24) is 0 Å². The van der Waals surface area contributed by atoms with Gasteiger partial charge in [-0.2, -0.15) is 23.4 Å². The van der Waals surface area contributed by atoms with Crippen molar-refractivity contribution < 1.29 is 34.1 Å². The molecule has 0 bridgehead atoms. The van der Waals surface area contributed by atoms with Crippen LogP contribution in [0.1, 0.15) is 7.43 Å². The second-order valence-corrected chi connectivity index (χ2v) is 0. The Balaban J connectivity index is 0. The summed E-state index contributed by atoms with van der Waals surface area (Å²) >= 11 is 0. The van der Waals surface area contributed by atoms with Gasteiger partial charge in [0.15, 0.2) is 0 Å². The minimum absolute atomic E-state index is 0. The summed E-state index contributed by atoms with van der Waals surface area (Å²) in [7, 11) is 0. The molecule has 0 aromatic rings. The number of hydrogen-bond acceptors (Lipinski definition) is 0. The Morgan fingerprint density at radius 1 is 1.00 bits per heavy atom. The van der Waals surface area contributed by atoms with Crippen molar-refractivity contribution >= 4 is 23.4 Å². The normalized spacial score (nSPS) is 0. The minimum atomic E-state index is 0. The summed E-state index contributed by atoms with van der Waals surface area (Å²) in [6.07, 6.45) is 0. The predicted molar refractivity (Wildman–Crippen MR) is 28.2 cm³/mol. The van der Waals surface area contributed by atoms with Crippen LogP contribution >= 0.6 is 23.4 Å². The first-order chi connectivity index (χ1) is 0. The molecule has 0 aromatic carbocycles. The van der Waals surface area contributed by atoms with E-state index >= 15 is 0 Å². The van der Waals surface area contributed by atoms with Crippen LogP contribution in [0.4, 0.5) is 0 Å². The van der Waals surface area contributed by atoms with E-state index in [-0.39, 0.29) is 65.0 Å². The fourth-order valence-electron chi connectivity index (χ4n) is 0. The first-order valence-electron chi connectivity index (χ1n) is 0. The molecule has 1 unspecified atom stereocenters. The van der Waals surface area contributed by atoms with Crippen molar-refractivity contribution in [3.05, 3.63) is 0 Å². The van der Waals surface area contributed by atoms with E-state index in [1.165, 1.54) is 0 Å². The molecule has 0 saturated heterocycles. The van der Waals surface area contributed by atoms with Gasteiger partial charge in [-0.25, -0.2) is 0 Å². The molecule has 0 nitrogen and oxygen atoms in total. The van der Waals surface area contributed by atoms with Crippen LogP contribution in [0.5, 0.6) is 0 Å². The van der Waals surface area contributed by atoms with Crippen LogP contribution < -0.4 is 0 Å². The molecule has 0 aliphatic heterocycles. The van der Waals surface area contributed by atoms with E-state index in [1.54, 1.807) is 0 Å². The predicted octanol–water partition coefficient (Wildman–Crippen LogP) is 0.802. The van der Waals surface area contributed by atoms with Crippen molar-refractivity contribution in [2.75, 3.05) is 0 Å². The van der Waals surface area contributed by atoms with Gasteiger partial charge in [-0.3, -0.25) is 0 Å². The van der Waals surface area contributed by atoms with Gasteiger partial charge in [-0.1, -0.05) is 7.43 Å². The molecule has 0 N–H and O–H groups in total. The molecule has 0 aromatic heterocycles.